The third kappa shape index (κ3) is 6.19. The van der Waals surface area contributed by atoms with Crippen LogP contribution in [-0.4, -0.2) is 36.9 Å². The number of aryl methyl sites for hydroxylation is 2. The van der Waals surface area contributed by atoms with Crippen LogP contribution in [0.4, 0.5) is 0 Å². The Kier molecular flexibility index (Phi) is 8.39. The molecule has 0 aliphatic heterocycles. The van der Waals surface area contributed by atoms with Crippen molar-refractivity contribution in [1.29, 1.82) is 5.26 Å². The predicted molar refractivity (Wildman–Crippen MR) is 132 cm³/mol. The highest BCUT2D eigenvalue weighted by Crippen LogP contribution is 2.25. The normalized spacial score (nSPS) is 12.2. The van der Waals surface area contributed by atoms with Gasteiger partial charge in [-0.05, 0) is 54.8 Å². The lowest BCUT2D eigenvalue weighted by Crippen LogP contribution is -2.47. The average molecular weight is 519 g/mol. The van der Waals surface area contributed by atoms with Crippen LogP contribution < -0.4 is 4.72 Å². The molecule has 10 heteroatoms. The molecule has 0 fully saturated rings. The first-order valence-electron chi connectivity index (χ1n) is 10.4. The number of nitrogens with one attached hydrogen (secondary N) is 1. The third-order valence-electron chi connectivity index (χ3n) is 5.34. The Bertz CT molecular complexity index is 1290. The summed E-state index contributed by atoms with van der Waals surface area (Å²) in [6.07, 6.45) is 1.85. The van der Waals surface area contributed by atoms with E-state index in [0.29, 0.717) is 16.3 Å². The van der Waals surface area contributed by atoms with E-state index >= 15 is 0 Å². The van der Waals surface area contributed by atoms with Gasteiger partial charge in [0.2, 0.25) is 15.9 Å². The molecule has 1 N–H and O–H groups in total. The highest BCUT2D eigenvalue weighted by molar-refractivity contribution is 7.89. The van der Waals surface area contributed by atoms with Gasteiger partial charge in [0.1, 0.15) is 22.7 Å². The predicted octanol–water partition coefficient (Wildman–Crippen LogP) is 4.37. The molecule has 34 heavy (non-hydrogen) atoms. The van der Waals surface area contributed by atoms with Crippen LogP contribution in [0.2, 0.25) is 10.0 Å². The van der Waals surface area contributed by atoms with Gasteiger partial charge in [-0.3, -0.25) is 4.79 Å². The van der Waals surface area contributed by atoms with Gasteiger partial charge in [0, 0.05) is 31.4 Å². The second-order valence-corrected chi connectivity index (χ2v) is 10.4. The van der Waals surface area contributed by atoms with E-state index in [9.17, 15) is 18.5 Å². The molecular formula is C24H24Cl2N4O3S. The number of hydrogen-bond donors (Lipinski definition) is 1. The topological polar surface area (TPSA) is 95.2 Å². The van der Waals surface area contributed by atoms with Gasteiger partial charge < -0.3 is 9.47 Å². The number of carbonyl (C=O) groups excluding carboxylic acids is 1. The molecule has 1 aromatic heterocycles. The second-order valence-electron chi connectivity index (χ2n) is 7.87. The maximum absolute atomic E-state index is 13.4. The van der Waals surface area contributed by atoms with E-state index in [-0.39, 0.29) is 29.4 Å². The maximum Gasteiger partial charge on any atom is 0.243 e. The molecule has 0 aliphatic carbocycles. The molecule has 0 spiro atoms. The molecule has 0 aliphatic rings. The monoisotopic (exact) mass is 518 g/mol. The fourth-order valence-corrected chi connectivity index (χ4v) is 5.80. The first-order chi connectivity index (χ1) is 16.1. The lowest BCUT2D eigenvalue weighted by molar-refractivity contribution is -0.132. The lowest BCUT2D eigenvalue weighted by Gasteiger charge is -2.25. The van der Waals surface area contributed by atoms with Crippen LogP contribution in [0.5, 0.6) is 0 Å². The zero-order valence-electron chi connectivity index (χ0n) is 18.7. The zero-order chi connectivity index (χ0) is 24.9. The number of halogens is 2. The fourth-order valence-electron chi connectivity index (χ4n) is 3.62. The highest BCUT2D eigenvalue weighted by atomic mass is 35.5. The number of nitriles is 1. The molecular weight excluding hydrogens is 495 g/mol. The standard InChI is InChI=1S/C24H24Cl2N4O3S/c1-17-5-3-7-21(26)23(17)34(32,33)28-22(12-14-30-13-4-6-20(30)15-27)24(31)29(2)16-18-8-10-19(25)11-9-18/h3-11,13,22,28H,12,14,16H2,1-2H3. The third-order valence-corrected chi connectivity index (χ3v) is 7.69. The van der Waals surface area contributed by atoms with Crippen molar-refractivity contribution in [3.05, 3.63) is 87.7 Å². The van der Waals surface area contributed by atoms with Crippen LogP contribution >= 0.6 is 23.2 Å². The molecule has 178 valence electrons. The van der Waals surface area contributed by atoms with E-state index in [2.05, 4.69) is 10.8 Å². The van der Waals surface area contributed by atoms with E-state index < -0.39 is 22.0 Å². The van der Waals surface area contributed by atoms with Crippen molar-refractivity contribution in [2.75, 3.05) is 7.05 Å². The fraction of sp³-hybridized carbons (Fsp3) is 0.250. The van der Waals surface area contributed by atoms with Crippen molar-refractivity contribution in [3.8, 4) is 6.07 Å². The summed E-state index contributed by atoms with van der Waals surface area (Å²) < 4.78 is 30.7. The van der Waals surface area contributed by atoms with Crippen molar-refractivity contribution in [1.82, 2.24) is 14.2 Å². The number of sulfonamides is 1. The van der Waals surface area contributed by atoms with Crippen molar-refractivity contribution >= 4 is 39.1 Å². The minimum absolute atomic E-state index is 0.0616. The Hall–Kier alpha value is -2.83. The number of carbonyl (C=O) groups is 1. The Morgan fingerprint density at radius 3 is 2.50 bits per heavy atom. The van der Waals surface area contributed by atoms with Crippen LogP contribution in [0.1, 0.15) is 23.2 Å². The van der Waals surface area contributed by atoms with Gasteiger partial charge in [-0.2, -0.15) is 9.98 Å². The number of nitrogens with zero attached hydrogens (tertiary/aromatic N) is 3. The quantitative estimate of drug-likeness (QED) is 0.454. The van der Waals surface area contributed by atoms with Crippen molar-refractivity contribution in [2.45, 2.75) is 37.4 Å². The van der Waals surface area contributed by atoms with E-state index in [0.717, 1.165) is 5.56 Å². The van der Waals surface area contributed by atoms with Gasteiger partial charge in [-0.15, -0.1) is 0 Å². The summed E-state index contributed by atoms with van der Waals surface area (Å²) in [5.74, 6) is -0.408. The molecule has 1 unspecified atom stereocenters. The molecule has 3 rings (SSSR count). The molecule has 0 bridgehead atoms. The zero-order valence-corrected chi connectivity index (χ0v) is 21.0. The summed E-state index contributed by atoms with van der Waals surface area (Å²) in [6, 6.07) is 16.2. The first-order valence-corrected chi connectivity index (χ1v) is 12.7. The van der Waals surface area contributed by atoms with Crippen molar-refractivity contribution in [2.24, 2.45) is 0 Å². The van der Waals surface area contributed by atoms with Crippen LogP contribution in [0.25, 0.3) is 0 Å². The molecule has 1 atom stereocenters. The van der Waals surface area contributed by atoms with Gasteiger partial charge in [-0.1, -0.05) is 47.5 Å². The number of benzene rings is 2. The minimum Gasteiger partial charge on any atom is -0.340 e. The van der Waals surface area contributed by atoms with Crippen molar-refractivity contribution < 1.29 is 13.2 Å². The molecule has 1 heterocycles. The number of amides is 1. The summed E-state index contributed by atoms with van der Waals surface area (Å²) in [5, 5.41) is 9.92. The SMILES string of the molecule is Cc1cccc(Cl)c1S(=O)(=O)NC(CCn1cccc1C#N)C(=O)N(C)Cc1ccc(Cl)cc1. The minimum atomic E-state index is -4.11. The van der Waals surface area contributed by atoms with E-state index in [4.69, 9.17) is 23.2 Å². The summed E-state index contributed by atoms with van der Waals surface area (Å²) in [4.78, 5) is 14.8. The summed E-state index contributed by atoms with van der Waals surface area (Å²) >= 11 is 12.1. The second kappa shape index (κ2) is 11.1. The van der Waals surface area contributed by atoms with Crippen LogP contribution in [0.15, 0.2) is 65.7 Å². The average Bonchev–Trinajstić information content (AvgIpc) is 3.25. The summed E-state index contributed by atoms with van der Waals surface area (Å²) in [6.45, 7) is 2.18. The number of likely N-dealkylation sites (N-methyl/N-ethyl adjacent to an activating group) is 1. The van der Waals surface area contributed by atoms with Gasteiger partial charge in [0.15, 0.2) is 0 Å². The molecule has 7 nitrogen and oxygen atoms in total. The van der Waals surface area contributed by atoms with E-state index in [1.165, 1.54) is 11.0 Å². The molecule has 0 saturated heterocycles. The Labute approximate surface area is 209 Å². The first kappa shape index (κ1) is 25.8. The molecule has 1 amide bonds. The number of rotatable bonds is 9. The van der Waals surface area contributed by atoms with Gasteiger partial charge in [0.25, 0.3) is 0 Å². The van der Waals surface area contributed by atoms with E-state index in [1.54, 1.807) is 73.3 Å². The van der Waals surface area contributed by atoms with Crippen molar-refractivity contribution in [3.63, 3.8) is 0 Å². The Morgan fingerprint density at radius 2 is 1.85 bits per heavy atom. The van der Waals surface area contributed by atoms with E-state index in [1.807, 2.05) is 0 Å². The largest absolute Gasteiger partial charge is 0.340 e. The maximum atomic E-state index is 13.4. The number of aromatic nitrogens is 1. The summed E-state index contributed by atoms with van der Waals surface area (Å²) in [5.41, 5.74) is 1.74. The Morgan fingerprint density at radius 1 is 1.15 bits per heavy atom. The smallest absolute Gasteiger partial charge is 0.243 e. The van der Waals surface area contributed by atoms with Crippen LogP contribution in [0, 0.1) is 18.3 Å². The van der Waals surface area contributed by atoms with Gasteiger partial charge >= 0.3 is 0 Å². The Balaban J connectivity index is 1.87. The molecule has 3 aromatic rings. The van der Waals surface area contributed by atoms with Gasteiger partial charge in [-0.25, -0.2) is 8.42 Å². The lowest BCUT2D eigenvalue weighted by atomic mass is 10.1. The van der Waals surface area contributed by atoms with Crippen LogP contribution in [-0.2, 0) is 27.9 Å². The molecule has 0 radical (unpaired) electrons. The van der Waals surface area contributed by atoms with Crippen LogP contribution in [0.3, 0.4) is 0 Å². The highest BCUT2D eigenvalue weighted by Gasteiger charge is 2.30. The summed E-state index contributed by atoms with van der Waals surface area (Å²) in [7, 11) is -2.50. The molecule has 0 saturated carbocycles. The van der Waals surface area contributed by atoms with Gasteiger partial charge in [0.05, 0.1) is 5.02 Å². The number of hydrogen-bond acceptors (Lipinski definition) is 4. The molecule has 2 aromatic carbocycles.